The Morgan fingerprint density at radius 2 is 2.19 bits per heavy atom. The molecule has 1 N–H and O–H groups in total. The zero-order valence-electron chi connectivity index (χ0n) is 9.09. The highest BCUT2D eigenvalue weighted by molar-refractivity contribution is 9.10. The van der Waals surface area contributed by atoms with Crippen molar-refractivity contribution >= 4 is 15.9 Å². The number of aliphatic hydroxyl groups is 1. The molecular weight excluding hydrogens is 275 g/mol. The summed E-state index contributed by atoms with van der Waals surface area (Å²) in [4.78, 5) is 0. The van der Waals surface area contributed by atoms with E-state index >= 15 is 0 Å². The summed E-state index contributed by atoms with van der Waals surface area (Å²) in [6.07, 6.45) is 2.47. The molecule has 0 heterocycles. The molecule has 2 rings (SSSR count). The second kappa shape index (κ2) is 4.34. The van der Waals surface area contributed by atoms with Crippen molar-refractivity contribution in [2.75, 3.05) is 13.7 Å². The summed E-state index contributed by atoms with van der Waals surface area (Å²) >= 11 is 3.23. The van der Waals surface area contributed by atoms with Crippen molar-refractivity contribution in [3.8, 4) is 5.75 Å². The fourth-order valence-electron chi connectivity index (χ4n) is 1.88. The second-order valence-electron chi connectivity index (χ2n) is 4.40. The van der Waals surface area contributed by atoms with Gasteiger partial charge in [0.05, 0.1) is 7.11 Å². The summed E-state index contributed by atoms with van der Waals surface area (Å²) in [7, 11) is 1.53. The van der Waals surface area contributed by atoms with Gasteiger partial charge < -0.3 is 9.84 Å². The van der Waals surface area contributed by atoms with E-state index < -0.39 is 0 Å². The molecule has 0 saturated heterocycles. The quantitative estimate of drug-likeness (QED) is 0.923. The van der Waals surface area contributed by atoms with Crippen molar-refractivity contribution < 1.29 is 14.2 Å². The molecule has 0 unspecified atom stereocenters. The number of rotatable bonds is 4. The van der Waals surface area contributed by atoms with Gasteiger partial charge in [-0.1, -0.05) is 15.9 Å². The summed E-state index contributed by atoms with van der Waals surface area (Å²) < 4.78 is 19.6. The molecule has 1 fully saturated rings. The van der Waals surface area contributed by atoms with Gasteiger partial charge in [-0.25, -0.2) is 4.39 Å². The molecule has 1 aromatic rings. The summed E-state index contributed by atoms with van der Waals surface area (Å²) in [6, 6.07) is 3.19. The summed E-state index contributed by atoms with van der Waals surface area (Å²) in [6.45, 7) is 0.117. The highest BCUT2D eigenvalue weighted by atomic mass is 79.9. The molecule has 1 aliphatic carbocycles. The molecule has 2 nitrogen and oxygen atoms in total. The third-order valence-electron chi connectivity index (χ3n) is 3.18. The normalized spacial score (nSPS) is 17.2. The second-order valence-corrected chi connectivity index (χ2v) is 5.32. The largest absolute Gasteiger partial charge is 0.496 e. The molecule has 0 aromatic heterocycles. The lowest BCUT2D eigenvalue weighted by molar-refractivity contribution is 0.209. The maximum absolute atomic E-state index is 13.8. The lowest BCUT2D eigenvalue weighted by Crippen LogP contribution is -2.12. The van der Waals surface area contributed by atoms with E-state index in [1.165, 1.54) is 13.2 Å². The number of ether oxygens (including phenoxy) is 1. The van der Waals surface area contributed by atoms with Crippen molar-refractivity contribution in [3.05, 3.63) is 28.0 Å². The molecule has 1 aliphatic rings. The van der Waals surface area contributed by atoms with E-state index in [0.29, 0.717) is 22.2 Å². The highest BCUT2D eigenvalue weighted by Gasteiger charge is 2.43. The van der Waals surface area contributed by atoms with E-state index in [1.807, 2.05) is 0 Å². The summed E-state index contributed by atoms with van der Waals surface area (Å²) in [5.74, 6) is 0.276. The third kappa shape index (κ3) is 2.23. The molecule has 88 valence electrons. The number of hydrogen-bond donors (Lipinski definition) is 1. The van der Waals surface area contributed by atoms with Gasteiger partial charge in [0.15, 0.2) is 0 Å². The van der Waals surface area contributed by atoms with Gasteiger partial charge in [0, 0.05) is 16.6 Å². The summed E-state index contributed by atoms with van der Waals surface area (Å²) in [5, 5.41) is 9.25. The van der Waals surface area contributed by atoms with E-state index in [2.05, 4.69) is 15.9 Å². The molecule has 0 atom stereocenters. The van der Waals surface area contributed by atoms with Crippen LogP contribution in [0.3, 0.4) is 0 Å². The van der Waals surface area contributed by atoms with Gasteiger partial charge in [0.2, 0.25) is 0 Å². The van der Waals surface area contributed by atoms with Crippen LogP contribution in [0, 0.1) is 11.2 Å². The Kier molecular flexibility index (Phi) is 3.22. The Labute approximate surface area is 103 Å². The van der Waals surface area contributed by atoms with Crippen LogP contribution in [0.1, 0.15) is 18.4 Å². The van der Waals surface area contributed by atoms with Gasteiger partial charge >= 0.3 is 0 Å². The van der Waals surface area contributed by atoms with Crippen molar-refractivity contribution in [1.29, 1.82) is 0 Å². The number of hydrogen-bond acceptors (Lipinski definition) is 2. The van der Waals surface area contributed by atoms with Crippen LogP contribution < -0.4 is 4.74 Å². The van der Waals surface area contributed by atoms with Crippen LogP contribution in [-0.2, 0) is 6.42 Å². The monoisotopic (exact) mass is 288 g/mol. The number of aliphatic hydroxyl groups excluding tert-OH is 1. The Bertz CT molecular complexity index is 402. The van der Waals surface area contributed by atoms with Crippen LogP contribution >= 0.6 is 15.9 Å². The maximum atomic E-state index is 13.8. The highest BCUT2D eigenvalue weighted by Crippen LogP contribution is 2.49. The van der Waals surface area contributed by atoms with Gasteiger partial charge in [0.1, 0.15) is 11.6 Å². The number of halogens is 2. The Morgan fingerprint density at radius 3 is 2.69 bits per heavy atom. The SMILES string of the molecule is COc1cc(Br)cc(F)c1CC1(CO)CC1. The van der Waals surface area contributed by atoms with Gasteiger partial charge in [-0.05, 0) is 36.8 Å². The van der Waals surface area contributed by atoms with Gasteiger partial charge in [0.25, 0.3) is 0 Å². The van der Waals surface area contributed by atoms with Crippen molar-refractivity contribution in [2.45, 2.75) is 19.3 Å². The molecule has 4 heteroatoms. The zero-order chi connectivity index (χ0) is 11.8. The zero-order valence-corrected chi connectivity index (χ0v) is 10.7. The standard InChI is InChI=1S/C12H14BrFO2/c1-16-11-5-8(13)4-10(14)9(11)6-12(7-15)2-3-12/h4-5,15H,2-3,6-7H2,1H3. The van der Waals surface area contributed by atoms with E-state index in [1.54, 1.807) is 6.07 Å². The Hall–Kier alpha value is -0.610. The van der Waals surface area contributed by atoms with Crippen LogP contribution in [0.4, 0.5) is 4.39 Å². The van der Waals surface area contributed by atoms with Crippen LogP contribution in [-0.4, -0.2) is 18.8 Å². The van der Waals surface area contributed by atoms with Gasteiger partial charge in [-0.2, -0.15) is 0 Å². The minimum absolute atomic E-state index is 0.109. The van der Waals surface area contributed by atoms with E-state index in [0.717, 1.165) is 12.8 Å². The molecular formula is C12H14BrFO2. The Balaban J connectivity index is 2.32. The molecule has 0 bridgehead atoms. The van der Waals surface area contributed by atoms with Crippen molar-refractivity contribution in [2.24, 2.45) is 5.41 Å². The third-order valence-corrected chi connectivity index (χ3v) is 3.64. The molecule has 1 aromatic carbocycles. The van der Waals surface area contributed by atoms with Crippen LogP contribution in [0.5, 0.6) is 5.75 Å². The molecule has 0 radical (unpaired) electrons. The molecule has 0 spiro atoms. The molecule has 16 heavy (non-hydrogen) atoms. The summed E-state index contributed by atoms with van der Waals surface area (Å²) in [5.41, 5.74) is 0.458. The van der Waals surface area contributed by atoms with Crippen molar-refractivity contribution in [3.63, 3.8) is 0 Å². The van der Waals surface area contributed by atoms with Crippen LogP contribution in [0.25, 0.3) is 0 Å². The predicted molar refractivity (Wildman–Crippen MR) is 63.1 cm³/mol. The van der Waals surface area contributed by atoms with Gasteiger partial charge in [-0.3, -0.25) is 0 Å². The fourth-order valence-corrected chi connectivity index (χ4v) is 2.29. The van der Waals surface area contributed by atoms with Crippen LogP contribution in [0.2, 0.25) is 0 Å². The van der Waals surface area contributed by atoms with Crippen LogP contribution in [0.15, 0.2) is 16.6 Å². The van der Waals surface area contributed by atoms with E-state index in [9.17, 15) is 9.50 Å². The molecule has 1 saturated carbocycles. The smallest absolute Gasteiger partial charge is 0.131 e. The first kappa shape index (κ1) is 11.9. The topological polar surface area (TPSA) is 29.5 Å². The first-order valence-corrected chi connectivity index (χ1v) is 6.02. The average molecular weight is 289 g/mol. The first-order chi connectivity index (χ1) is 7.60. The lowest BCUT2D eigenvalue weighted by atomic mass is 9.96. The van der Waals surface area contributed by atoms with E-state index in [-0.39, 0.29) is 17.8 Å². The number of methoxy groups -OCH3 is 1. The Morgan fingerprint density at radius 1 is 1.50 bits per heavy atom. The minimum atomic E-state index is -0.272. The molecule has 0 amide bonds. The lowest BCUT2D eigenvalue weighted by Gasteiger charge is -2.15. The predicted octanol–water partition coefficient (Wildman–Crippen LogP) is 2.91. The van der Waals surface area contributed by atoms with Crippen molar-refractivity contribution in [1.82, 2.24) is 0 Å². The fraction of sp³-hybridized carbons (Fsp3) is 0.500. The average Bonchev–Trinajstić information content (AvgIpc) is 3.02. The first-order valence-electron chi connectivity index (χ1n) is 5.23. The van der Waals surface area contributed by atoms with Gasteiger partial charge in [-0.15, -0.1) is 0 Å². The number of benzene rings is 1. The molecule has 0 aliphatic heterocycles. The minimum Gasteiger partial charge on any atom is -0.496 e. The maximum Gasteiger partial charge on any atom is 0.131 e. The van der Waals surface area contributed by atoms with E-state index in [4.69, 9.17) is 4.74 Å².